The molecule has 5 nitrogen and oxygen atoms in total. The summed E-state index contributed by atoms with van der Waals surface area (Å²) in [4.78, 5) is 10.4. The summed E-state index contributed by atoms with van der Waals surface area (Å²) in [5.74, 6) is -3.81. The van der Waals surface area contributed by atoms with Gasteiger partial charge in [0.05, 0.1) is 0 Å². The average molecular weight is 214 g/mol. The molecule has 6 heteroatoms. The largest absolute Gasteiger partial charge is 0.504 e. The van der Waals surface area contributed by atoms with Gasteiger partial charge in [-0.1, -0.05) is 6.07 Å². The standard InChI is InChI=1S/C9H10FNO4/c10-7-4(3-5(11)9(14)15)1-2-6(12)8(7)13/h1-2,5,12-13H,3,11H2,(H,14,15)/i10-1. The molecule has 0 aromatic heterocycles. The van der Waals surface area contributed by atoms with Gasteiger partial charge in [-0.15, -0.1) is 0 Å². The summed E-state index contributed by atoms with van der Waals surface area (Å²) in [6.07, 6.45) is -0.255. The number of aliphatic carboxylic acids is 1. The number of carboxylic acid groups (broad SMARTS) is 1. The number of phenolic OH excluding ortho intramolecular Hbond substituents is 2. The van der Waals surface area contributed by atoms with Crippen LogP contribution in [0.4, 0.5) is 4.39 Å². The van der Waals surface area contributed by atoms with Crippen LogP contribution in [0.5, 0.6) is 11.5 Å². The Labute approximate surface area is 84.6 Å². The highest BCUT2D eigenvalue weighted by atomic mass is 18.2. The molecule has 0 radical (unpaired) electrons. The summed E-state index contributed by atoms with van der Waals surface area (Å²) in [6.45, 7) is 0. The second kappa shape index (κ2) is 4.14. The van der Waals surface area contributed by atoms with E-state index < -0.39 is 29.3 Å². The van der Waals surface area contributed by atoms with Crippen molar-refractivity contribution >= 4 is 5.97 Å². The molecule has 0 fully saturated rings. The molecule has 1 rings (SSSR count). The molecule has 1 atom stereocenters. The van der Waals surface area contributed by atoms with Crippen molar-refractivity contribution in [3.8, 4) is 11.5 Å². The molecular weight excluding hydrogens is 204 g/mol. The Kier molecular flexibility index (Phi) is 3.11. The lowest BCUT2D eigenvalue weighted by Gasteiger charge is -2.08. The summed E-state index contributed by atoms with van der Waals surface area (Å²) in [5, 5.41) is 26.5. The van der Waals surface area contributed by atoms with Gasteiger partial charge in [-0.3, -0.25) is 4.79 Å². The van der Waals surface area contributed by atoms with E-state index in [1.54, 1.807) is 0 Å². The van der Waals surface area contributed by atoms with E-state index in [1.165, 1.54) is 6.07 Å². The maximum absolute atomic E-state index is 13.2. The van der Waals surface area contributed by atoms with Crippen LogP contribution in [-0.4, -0.2) is 27.3 Å². The van der Waals surface area contributed by atoms with E-state index in [1.807, 2.05) is 0 Å². The van der Waals surface area contributed by atoms with E-state index >= 15 is 0 Å². The van der Waals surface area contributed by atoms with Crippen LogP contribution in [0.15, 0.2) is 12.1 Å². The van der Waals surface area contributed by atoms with E-state index in [4.69, 9.17) is 21.1 Å². The molecule has 0 aliphatic heterocycles. The molecule has 15 heavy (non-hydrogen) atoms. The maximum Gasteiger partial charge on any atom is 0.320 e. The van der Waals surface area contributed by atoms with Crippen LogP contribution in [0.3, 0.4) is 0 Å². The molecule has 0 aliphatic carbocycles. The van der Waals surface area contributed by atoms with Gasteiger partial charge in [-0.2, -0.15) is 0 Å². The van der Waals surface area contributed by atoms with E-state index in [9.17, 15) is 9.18 Å². The van der Waals surface area contributed by atoms with Gasteiger partial charge in [0.2, 0.25) is 0 Å². The first-order valence-electron chi connectivity index (χ1n) is 4.11. The van der Waals surface area contributed by atoms with Crippen molar-refractivity contribution in [3.05, 3.63) is 23.5 Å². The minimum atomic E-state index is -1.26. The number of halogens is 1. The number of nitrogens with two attached hydrogens (primary N) is 1. The second-order valence-electron chi connectivity index (χ2n) is 3.06. The molecule has 0 spiro atoms. The highest BCUT2D eigenvalue weighted by Gasteiger charge is 2.18. The van der Waals surface area contributed by atoms with Crippen LogP contribution >= 0.6 is 0 Å². The summed E-state index contributed by atoms with van der Waals surface area (Å²) < 4.78 is 13.2. The van der Waals surface area contributed by atoms with Gasteiger partial charge < -0.3 is 21.1 Å². The van der Waals surface area contributed by atoms with Crippen molar-refractivity contribution in [1.82, 2.24) is 0 Å². The Morgan fingerprint density at radius 3 is 2.60 bits per heavy atom. The molecule has 0 saturated carbocycles. The Morgan fingerprint density at radius 1 is 1.47 bits per heavy atom. The van der Waals surface area contributed by atoms with Gasteiger partial charge in [-0.25, -0.2) is 4.39 Å². The van der Waals surface area contributed by atoms with Gasteiger partial charge in [0.15, 0.2) is 17.3 Å². The van der Waals surface area contributed by atoms with Gasteiger partial charge in [-0.05, 0) is 11.6 Å². The lowest BCUT2D eigenvalue weighted by Crippen LogP contribution is -2.32. The second-order valence-corrected chi connectivity index (χ2v) is 3.06. The molecule has 5 N–H and O–H groups in total. The van der Waals surface area contributed by atoms with Crippen molar-refractivity contribution in [3.63, 3.8) is 0 Å². The Balaban J connectivity index is 2.97. The number of rotatable bonds is 3. The number of phenols is 2. The summed E-state index contributed by atoms with van der Waals surface area (Å²) in [6, 6.07) is 0.999. The third-order valence-electron chi connectivity index (χ3n) is 1.93. The molecule has 0 heterocycles. The predicted octanol–water partition coefficient (Wildman–Crippen LogP) is 0.191. The highest BCUT2D eigenvalue weighted by molar-refractivity contribution is 5.73. The predicted molar refractivity (Wildman–Crippen MR) is 49.0 cm³/mol. The number of aromatic hydroxyl groups is 2. The van der Waals surface area contributed by atoms with Crippen molar-refractivity contribution in [2.24, 2.45) is 5.73 Å². The number of hydrogen-bond acceptors (Lipinski definition) is 4. The first-order valence-corrected chi connectivity index (χ1v) is 4.11. The zero-order valence-electron chi connectivity index (χ0n) is 7.64. The molecule has 1 unspecified atom stereocenters. The molecule has 0 bridgehead atoms. The zero-order valence-corrected chi connectivity index (χ0v) is 7.64. The van der Waals surface area contributed by atoms with E-state index in [0.29, 0.717) is 0 Å². The van der Waals surface area contributed by atoms with Crippen molar-refractivity contribution in [2.45, 2.75) is 12.5 Å². The van der Waals surface area contributed by atoms with E-state index in [2.05, 4.69) is 0 Å². The normalized spacial score (nSPS) is 12.4. The molecule has 0 amide bonds. The van der Waals surface area contributed by atoms with Crippen LogP contribution in [0.1, 0.15) is 5.56 Å². The number of hydrogen-bond donors (Lipinski definition) is 4. The Morgan fingerprint density at radius 2 is 2.07 bits per heavy atom. The van der Waals surface area contributed by atoms with Crippen LogP contribution < -0.4 is 5.73 Å². The first kappa shape index (κ1) is 11.3. The molecule has 82 valence electrons. The fourth-order valence-corrected chi connectivity index (χ4v) is 1.08. The molecule has 0 saturated heterocycles. The monoisotopic (exact) mass is 214 g/mol. The van der Waals surface area contributed by atoms with Gasteiger partial charge in [0, 0.05) is 6.42 Å². The SMILES string of the molecule is NC(Cc1ccc(O)c(O)c1[18F])C(=O)O. The topological polar surface area (TPSA) is 104 Å². The smallest absolute Gasteiger partial charge is 0.320 e. The third-order valence-corrected chi connectivity index (χ3v) is 1.93. The molecule has 1 aromatic rings. The summed E-state index contributed by atoms with van der Waals surface area (Å²) in [5.41, 5.74) is 5.14. The molecule has 0 aliphatic rings. The lowest BCUT2D eigenvalue weighted by molar-refractivity contribution is -0.138. The molecular formula is C9H10FNO4. The lowest BCUT2D eigenvalue weighted by atomic mass is 10.1. The van der Waals surface area contributed by atoms with Crippen LogP contribution in [0.2, 0.25) is 0 Å². The zero-order chi connectivity index (χ0) is 11.6. The van der Waals surface area contributed by atoms with E-state index in [0.717, 1.165) is 6.07 Å². The fraction of sp³-hybridized carbons (Fsp3) is 0.222. The van der Waals surface area contributed by atoms with Crippen LogP contribution in [-0.2, 0) is 11.2 Å². The highest BCUT2D eigenvalue weighted by Crippen LogP contribution is 2.30. The van der Waals surface area contributed by atoms with Crippen LogP contribution in [0.25, 0.3) is 0 Å². The van der Waals surface area contributed by atoms with Crippen molar-refractivity contribution in [2.75, 3.05) is 0 Å². The Hall–Kier alpha value is -1.82. The first-order chi connectivity index (χ1) is 6.93. The average Bonchev–Trinajstić information content (AvgIpc) is 2.18. The fourth-order valence-electron chi connectivity index (χ4n) is 1.08. The van der Waals surface area contributed by atoms with Gasteiger partial charge >= 0.3 is 5.97 Å². The summed E-state index contributed by atoms with van der Waals surface area (Å²) in [7, 11) is 0. The number of benzene rings is 1. The van der Waals surface area contributed by atoms with Gasteiger partial charge in [0.1, 0.15) is 6.04 Å². The van der Waals surface area contributed by atoms with E-state index in [-0.39, 0.29) is 12.0 Å². The van der Waals surface area contributed by atoms with Gasteiger partial charge in [0.25, 0.3) is 0 Å². The number of carboxylic acids is 1. The van der Waals surface area contributed by atoms with Crippen molar-refractivity contribution < 1.29 is 24.5 Å². The quantitative estimate of drug-likeness (QED) is 0.538. The molecule has 1 aromatic carbocycles. The van der Waals surface area contributed by atoms with Crippen molar-refractivity contribution in [1.29, 1.82) is 0 Å². The summed E-state index contributed by atoms with van der Waals surface area (Å²) >= 11 is 0. The minimum absolute atomic E-state index is 0.0554. The Bertz CT molecular complexity index is 394. The third kappa shape index (κ3) is 2.35. The van der Waals surface area contributed by atoms with Crippen LogP contribution in [0, 0.1) is 5.82 Å². The number of carbonyl (C=O) groups is 1. The maximum atomic E-state index is 13.2. The minimum Gasteiger partial charge on any atom is -0.504 e.